The Kier molecular flexibility index (Phi) is 4.97. The molecule has 0 aliphatic carbocycles. The fourth-order valence-electron chi connectivity index (χ4n) is 3.02. The third-order valence-corrected chi connectivity index (χ3v) is 7.45. The van der Waals surface area contributed by atoms with Gasteiger partial charge in [-0.1, -0.05) is 18.7 Å². The Hall–Kier alpha value is -1.74. The summed E-state index contributed by atoms with van der Waals surface area (Å²) >= 11 is 1.35. The van der Waals surface area contributed by atoms with Crippen molar-refractivity contribution in [3.8, 4) is 11.5 Å². The van der Waals surface area contributed by atoms with Crippen molar-refractivity contribution in [3.63, 3.8) is 0 Å². The molecule has 1 aromatic carbocycles. The van der Waals surface area contributed by atoms with E-state index in [9.17, 15) is 13.2 Å². The molecule has 2 atom stereocenters. The quantitative estimate of drug-likeness (QED) is 0.781. The second-order valence-electron chi connectivity index (χ2n) is 5.85. The summed E-state index contributed by atoms with van der Waals surface area (Å²) in [7, 11) is -0.00213. The van der Waals surface area contributed by atoms with Gasteiger partial charge >= 0.3 is 0 Å². The van der Waals surface area contributed by atoms with E-state index in [-0.39, 0.29) is 28.7 Å². The zero-order valence-corrected chi connectivity index (χ0v) is 15.9. The highest BCUT2D eigenvalue weighted by Crippen LogP contribution is 2.44. The largest absolute Gasteiger partial charge is 0.497 e. The molecule has 3 rings (SSSR count). The lowest BCUT2D eigenvalue weighted by Gasteiger charge is -2.26. The number of hydrogen-bond donors (Lipinski definition) is 0. The molecule has 0 spiro atoms. The number of nitrogens with zero attached hydrogens (tertiary/aromatic N) is 2. The van der Waals surface area contributed by atoms with Crippen molar-refractivity contribution in [3.05, 3.63) is 18.2 Å². The Bertz CT molecular complexity index is 822. The minimum Gasteiger partial charge on any atom is -0.497 e. The van der Waals surface area contributed by atoms with Crippen LogP contribution >= 0.6 is 11.8 Å². The van der Waals surface area contributed by atoms with Crippen LogP contribution in [0, 0.1) is 0 Å². The Morgan fingerprint density at radius 1 is 1.32 bits per heavy atom. The maximum Gasteiger partial charge on any atom is 0.247 e. The standard InChI is InChI=1S/C16H20N2O5S2/c1-4-15(19)17-16-18(12-8-25(20,21)9-14(12)24-16)11-6-5-10(22-2)7-13(11)23-3/h5-7,12,14H,4,8-9H2,1-3H3. The highest BCUT2D eigenvalue weighted by atomic mass is 32.2. The first-order chi connectivity index (χ1) is 11.9. The number of hydrogen-bond acceptors (Lipinski definition) is 6. The van der Waals surface area contributed by atoms with E-state index in [1.807, 2.05) is 4.90 Å². The van der Waals surface area contributed by atoms with Crippen molar-refractivity contribution >= 4 is 38.4 Å². The van der Waals surface area contributed by atoms with Crippen LogP contribution in [0.25, 0.3) is 0 Å². The van der Waals surface area contributed by atoms with Crippen molar-refractivity contribution in [2.24, 2.45) is 4.99 Å². The van der Waals surface area contributed by atoms with Gasteiger partial charge in [0, 0.05) is 17.7 Å². The van der Waals surface area contributed by atoms with E-state index in [0.29, 0.717) is 28.8 Å². The molecule has 2 aliphatic rings. The average molecular weight is 384 g/mol. The third-order valence-electron chi connectivity index (χ3n) is 4.24. The monoisotopic (exact) mass is 384 g/mol. The molecule has 2 heterocycles. The molecule has 0 bridgehead atoms. The normalized spacial score (nSPS) is 25.9. The number of thioether (sulfide) groups is 1. The molecule has 7 nitrogen and oxygen atoms in total. The summed E-state index contributed by atoms with van der Waals surface area (Å²) < 4.78 is 34.8. The minimum absolute atomic E-state index is 0.0409. The first-order valence-electron chi connectivity index (χ1n) is 7.88. The Morgan fingerprint density at radius 2 is 2.08 bits per heavy atom. The van der Waals surface area contributed by atoms with E-state index in [4.69, 9.17) is 9.47 Å². The molecule has 9 heteroatoms. The van der Waals surface area contributed by atoms with Gasteiger partial charge in [0.15, 0.2) is 15.0 Å². The molecule has 25 heavy (non-hydrogen) atoms. The minimum atomic E-state index is -3.10. The Morgan fingerprint density at radius 3 is 2.72 bits per heavy atom. The molecule has 136 valence electrons. The lowest BCUT2D eigenvalue weighted by molar-refractivity contribution is -0.117. The second-order valence-corrected chi connectivity index (χ2v) is 9.21. The number of fused-ring (bicyclic) bond motifs is 1. The van der Waals surface area contributed by atoms with E-state index in [1.165, 1.54) is 11.8 Å². The van der Waals surface area contributed by atoms with Crippen LogP contribution in [0.1, 0.15) is 13.3 Å². The molecule has 2 fully saturated rings. The van der Waals surface area contributed by atoms with Gasteiger partial charge in [-0.3, -0.25) is 4.79 Å². The average Bonchev–Trinajstić information content (AvgIpc) is 3.04. The second kappa shape index (κ2) is 6.87. The number of amidine groups is 1. The van der Waals surface area contributed by atoms with Gasteiger partial charge in [-0.25, -0.2) is 8.42 Å². The van der Waals surface area contributed by atoms with Crippen LogP contribution in [-0.4, -0.2) is 56.5 Å². The topological polar surface area (TPSA) is 85.3 Å². The highest BCUT2D eigenvalue weighted by Gasteiger charge is 2.50. The van der Waals surface area contributed by atoms with E-state index < -0.39 is 9.84 Å². The van der Waals surface area contributed by atoms with Crippen LogP contribution < -0.4 is 14.4 Å². The summed E-state index contributed by atoms with van der Waals surface area (Å²) in [6.07, 6.45) is 0.297. The van der Waals surface area contributed by atoms with E-state index in [0.717, 1.165) is 0 Å². The van der Waals surface area contributed by atoms with Crippen molar-refractivity contribution in [1.82, 2.24) is 0 Å². The summed E-state index contributed by atoms with van der Waals surface area (Å²) in [4.78, 5) is 17.9. The molecule has 0 radical (unpaired) electrons. The first-order valence-corrected chi connectivity index (χ1v) is 10.6. The lowest BCUT2D eigenvalue weighted by Crippen LogP contribution is -2.38. The van der Waals surface area contributed by atoms with E-state index >= 15 is 0 Å². The van der Waals surface area contributed by atoms with Crippen LogP contribution in [-0.2, 0) is 14.6 Å². The van der Waals surface area contributed by atoms with Crippen LogP contribution in [0.5, 0.6) is 11.5 Å². The molecule has 2 saturated heterocycles. The summed E-state index contributed by atoms with van der Waals surface area (Å²) in [6, 6.07) is 5.05. The number of methoxy groups -OCH3 is 2. The fraction of sp³-hybridized carbons (Fsp3) is 0.500. The van der Waals surface area contributed by atoms with Crippen molar-refractivity contribution in [2.45, 2.75) is 24.6 Å². The number of sulfone groups is 1. The molecule has 2 unspecified atom stereocenters. The van der Waals surface area contributed by atoms with E-state index in [2.05, 4.69) is 4.99 Å². The molecule has 1 amide bonds. The van der Waals surface area contributed by atoms with E-state index in [1.54, 1.807) is 39.3 Å². The molecule has 0 N–H and O–H groups in total. The third kappa shape index (κ3) is 3.48. The van der Waals surface area contributed by atoms with Gasteiger partial charge in [0.1, 0.15) is 11.5 Å². The van der Waals surface area contributed by atoms with Crippen LogP contribution in [0.3, 0.4) is 0 Å². The van der Waals surface area contributed by atoms with Gasteiger partial charge in [0.25, 0.3) is 0 Å². The molecule has 2 aliphatic heterocycles. The predicted octanol–water partition coefficient (Wildman–Crippen LogP) is 1.72. The van der Waals surface area contributed by atoms with Crippen molar-refractivity contribution in [1.29, 1.82) is 0 Å². The number of ether oxygens (including phenoxy) is 2. The van der Waals surface area contributed by atoms with Crippen LogP contribution in [0.2, 0.25) is 0 Å². The number of benzene rings is 1. The molecule has 0 aromatic heterocycles. The number of carbonyl (C=O) groups is 1. The zero-order chi connectivity index (χ0) is 18.2. The zero-order valence-electron chi connectivity index (χ0n) is 14.3. The molecule has 1 aromatic rings. The van der Waals surface area contributed by atoms with Crippen LogP contribution in [0.4, 0.5) is 5.69 Å². The number of anilines is 1. The van der Waals surface area contributed by atoms with Gasteiger partial charge in [0.2, 0.25) is 5.91 Å². The van der Waals surface area contributed by atoms with Crippen molar-refractivity contribution < 1.29 is 22.7 Å². The van der Waals surface area contributed by atoms with Crippen molar-refractivity contribution in [2.75, 3.05) is 30.6 Å². The van der Waals surface area contributed by atoms with Gasteiger partial charge in [-0.15, -0.1) is 0 Å². The summed E-state index contributed by atoms with van der Waals surface area (Å²) in [5.74, 6) is 1.08. The highest BCUT2D eigenvalue weighted by molar-refractivity contribution is 8.16. The molecular weight excluding hydrogens is 364 g/mol. The number of rotatable bonds is 4. The molecular formula is C16H20N2O5S2. The summed E-state index contributed by atoms with van der Waals surface area (Å²) in [5, 5.41) is 0.389. The lowest BCUT2D eigenvalue weighted by atomic mass is 10.2. The summed E-state index contributed by atoms with van der Waals surface area (Å²) in [5.41, 5.74) is 0.683. The maximum absolute atomic E-state index is 12.1. The number of amides is 1. The van der Waals surface area contributed by atoms with Gasteiger partial charge in [0.05, 0.1) is 37.5 Å². The smallest absolute Gasteiger partial charge is 0.247 e. The SMILES string of the molecule is CCC(=O)N=C1SC2CS(=O)(=O)CC2N1c1ccc(OC)cc1OC. The Labute approximate surface area is 151 Å². The molecule has 0 saturated carbocycles. The maximum atomic E-state index is 12.1. The van der Waals surface area contributed by atoms with Gasteiger partial charge in [-0.05, 0) is 12.1 Å². The van der Waals surface area contributed by atoms with Gasteiger partial charge in [-0.2, -0.15) is 4.99 Å². The first kappa shape index (κ1) is 18.1. The fourth-order valence-corrected chi connectivity index (χ4v) is 6.94. The number of carbonyl (C=O) groups excluding carboxylic acids is 1. The Balaban J connectivity index is 2.08. The predicted molar refractivity (Wildman–Crippen MR) is 98.6 cm³/mol. The summed E-state index contributed by atoms with van der Waals surface area (Å²) in [6.45, 7) is 1.75. The van der Waals surface area contributed by atoms with Crippen LogP contribution in [0.15, 0.2) is 23.2 Å². The number of aliphatic imine (C=N–C) groups is 1. The van der Waals surface area contributed by atoms with Gasteiger partial charge < -0.3 is 14.4 Å².